The number of carbonyl (C=O) groups excluding carboxylic acids is 3. The van der Waals surface area contributed by atoms with E-state index in [2.05, 4.69) is 10.6 Å². The standard InChI is InChI=1S/C27H21N3O3/c1-17-6-2-4-8-21(17)27(33)28-19-11-13-20(14-12-19)30-23-15-10-18-7-3-5-9-22(18)26(23)29-24(31)16-25(30)32/h2-15H,16H2,1H3,(H,28,33)(H,29,31). The highest BCUT2D eigenvalue weighted by molar-refractivity contribution is 6.21. The molecule has 0 aliphatic carbocycles. The minimum absolute atomic E-state index is 0.196. The maximum absolute atomic E-state index is 13.0. The summed E-state index contributed by atoms with van der Waals surface area (Å²) in [4.78, 5) is 39.6. The third kappa shape index (κ3) is 3.83. The molecular weight excluding hydrogens is 414 g/mol. The zero-order valence-electron chi connectivity index (χ0n) is 18.0. The minimum Gasteiger partial charge on any atom is -0.323 e. The van der Waals surface area contributed by atoms with E-state index in [-0.39, 0.29) is 24.1 Å². The number of aryl methyl sites for hydroxylation is 1. The number of fused-ring (bicyclic) bond motifs is 3. The molecule has 0 radical (unpaired) electrons. The summed E-state index contributed by atoms with van der Waals surface area (Å²) in [6.45, 7) is 1.89. The van der Waals surface area contributed by atoms with Crippen LogP contribution >= 0.6 is 0 Å². The van der Waals surface area contributed by atoms with E-state index >= 15 is 0 Å². The molecule has 4 aromatic carbocycles. The molecule has 6 nitrogen and oxygen atoms in total. The number of carbonyl (C=O) groups is 3. The van der Waals surface area contributed by atoms with Crippen molar-refractivity contribution in [2.75, 3.05) is 15.5 Å². The van der Waals surface area contributed by atoms with Gasteiger partial charge in [-0.15, -0.1) is 0 Å². The van der Waals surface area contributed by atoms with Crippen molar-refractivity contribution < 1.29 is 14.4 Å². The second kappa shape index (κ2) is 8.24. The van der Waals surface area contributed by atoms with Gasteiger partial charge < -0.3 is 10.6 Å². The van der Waals surface area contributed by atoms with Crippen molar-refractivity contribution in [1.29, 1.82) is 0 Å². The van der Waals surface area contributed by atoms with Crippen LogP contribution in [0.1, 0.15) is 22.3 Å². The molecule has 0 aromatic heterocycles. The number of nitrogens with zero attached hydrogens (tertiary/aromatic N) is 1. The highest BCUT2D eigenvalue weighted by Crippen LogP contribution is 2.40. The van der Waals surface area contributed by atoms with Gasteiger partial charge in [0.25, 0.3) is 5.91 Å². The van der Waals surface area contributed by atoms with Gasteiger partial charge in [-0.3, -0.25) is 19.3 Å². The predicted molar refractivity (Wildman–Crippen MR) is 130 cm³/mol. The molecule has 1 heterocycles. The van der Waals surface area contributed by atoms with Crippen molar-refractivity contribution in [2.45, 2.75) is 13.3 Å². The average molecular weight is 435 g/mol. The van der Waals surface area contributed by atoms with Gasteiger partial charge in [0.1, 0.15) is 6.42 Å². The molecule has 162 valence electrons. The zero-order chi connectivity index (χ0) is 22.9. The van der Waals surface area contributed by atoms with Crippen LogP contribution in [0.15, 0.2) is 84.9 Å². The number of benzene rings is 4. The highest BCUT2D eigenvalue weighted by atomic mass is 16.2. The molecule has 6 heteroatoms. The molecule has 0 fully saturated rings. The first-order valence-corrected chi connectivity index (χ1v) is 10.6. The van der Waals surface area contributed by atoms with Gasteiger partial charge in [-0.2, -0.15) is 0 Å². The van der Waals surface area contributed by atoms with E-state index in [4.69, 9.17) is 0 Å². The Balaban J connectivity index is 1.50. The Morgan fingerprint density at radius 3 is 2.39 bits per heavy atom. The molecule has 3 amide bonds. The van der Waals surface area contributed by atoms with Crippen LogP contribution in [0.3, 0.4) is 0 Å². The lowest BCUT2D eigenvalue weighted by molar-refractivity contribution is -0.124. The first kappa shape index (κ1) is 20.5. The molecule has 33 heavy (non-hydrogen) atoms. The first-order valence-electron chi connectivity index (χ1n) is 10.6. The fourth-order valence-corrected chi connectivity index (χ4v) is 4.12. The van der Waals surface area contributed by atoms with E-state index < -0.39 is 0 Å². The molecule has 0 spiro atoms. The summed E-state index contributed by atoms with van der Waals surface area (Å²) in [5.74, 6) is -0.862. The van der Waals surface area contributed by atoms with Gasteiger partial charge in [-0.25, -0.2) is 0 Å². The normalized spacial score (nSPS) is 13.3. The number of hydrogen-bond donors (Lipinski definition) is 2. The molecule has 0 unspecified atom stereocenters. The Bertz CT molecular complexity index is 1410. The van der Waals surface area contributed by atoms with Gasteiger partial charge >= 0.3 is 0 Å². The summed E-state index contributed by atoms with van der Waals surface area (Å²) in [5.41, 5.74) is 3.95. The molecule has 0 bridgehead atoms. The van der Waals surface area contributed by atoms with Crippen molar-refractivity contribution in [1.82, 2.24) is 0 Å². The molecule has 2 N–H and O–H groups in total. The fourth-order valence-electron chi connectivity index (χ4n) is 4.12. The van der Waals surface area contributed by atoms with Gasteiger partial charge in [0.05, 0.1) is 11.4 Å². The van der Waals surface area contributed by atoms with E-state index in [1.165, 1.54) is 0 Å². The van der Waals surface area contributed by atoms with Crippen molar-refractivity contribution in [2.24, 2.45) is 0 Å². The third-order valence-electron chi connectivity index (χ3n) is 5.75. The molecular formula is C27H21N3O3. The van der Waals surface area contributed by atoms with Crippen LogP contribution in [0.5, 0.6) is 0 Å². The van der Waals surface area contributed by atoms with Crippen molar-refractivity contribution in [3.8, 4) is 0 Å². The summed E-state index contributed by atoms with van der Waals surface area (Å²) in [5, 5.41) is 7.63. The van der Waals surface area contributed by atoms with Crippen LogP contribution in [-0.2, 0) is 9.59 Å². The molecule has 0 atom stereocenters. The maximum atomic E-state index is 13.0. The number of hydrogen-bond acceptors (Lipinski definition) is 3. The van der Waals surface area contributed by atoms with Crippen LogP contribution in [0.25, 0.3) is 10.8 Å². The zero-order valence-corrected chi connectivity index (χ0v) is 18.0. The third-order valence-corrected chi connectivity index (χ3v) is 5.75. The molecule has 1 aliphatic heterocycles. The number of amides is 3. The Kier molecular flexibility index (Phi) is 5.11. The van der Waals surface area contributed by atoms with E-state index in [9.17, 15) is 14.4 Å². The predicted octanol–water partition coefficient (Wildman–Crippen LogP) is 5.41. The number of rotatable bonds is 3. The second-order valence-electron chi connectivity index (χ2n) is 7.95. The van der Waals surface area contributed by atoms with E-state index in [0.717, 1.165) is 16.3 Å². The van der Waals surface area contributed by atoms with E-state index in [0.29, 0.717) is 28.3 Å². The molecule has 0 saturated heterocycles. The summed E-state index contributed by atoms with van der Waals surface area (Å²) < 4.78 is 0. The van der Waals surface area contributed by atoms with Crippen LogP contribution in [0.2, 0.25) is 0 Å². The van der Waals surface area contributed by atoms with Crippen molar-refractivity contribution in [3.05, 3.63) is 96.1 Å². The van der Waals surface area contributed by atoms with Gasteiger partial charge in [0.15, 0.2) is 0 Å². The Hall–Kier alpha value is -4.45. The summed E-state index contributed by atoms with van der Waals surface area (Å²) in [6.07, 6.45) is -0.255. The quantitative estimate of drug-likeness (QED) is 0.423. The fraction of sp³-hybridized carbons (Fsp3) is 0.0741. The lowest BCUT2D eigenvalue weighted by atomic mass is 10.1. The highest BCUT2D eigenvalue weighted by Gasteiger charge is 2.28. The molecule has 4 aromatic rings. The van der Waals surface area contributed by atoms with Gasteiger partial charge in [-0.1, -0.05) is 48.5 Å². The Morgan fingerprint density at radius 2 is 1.61 bits per heavy atom. The van der Waals surface area contributed by atoms with Gasteiger partial charge in [0.2, 0.25) is 11.8 Å². The van der Waals surface area contributed by atoms with Crippen LogP contribution in [0.4, 0.5) is 22.7 Å². The van der Waals surface area contributed by atoms with Crippen LogP contribution in [-0.4, -0.2) is 17.7 Å². The summed E-state index contributed by atoms with van der Waals surface area (Å²) in [7, 11) is 0. The first-order chi connectivity index (χ1) is 16.0. The van der Waals surface area contributed by atoms with Crippen molar-refractivity contribution >= 4 is 51.2 Å². The summed E-state index contributed by atoms with van der Waals surface area (Å²) in [6, 6.07) is 25.9. The van der Waals surface area contributed by atoms with Gasteiger partial charge in [0, 0.05) is 22.3 Å². The largest absolute Gasteiger partial charge is 0.323 e. The lowest BCUT2D eigenvalue weighted by Crippen LogP contribution is -2.26. The SMILES string of the molecule is Cc1ccccc1C(=O)Nc1ccc(N2C(=O)CC(=O)Nc3c2ccc2ccccc32)cc1. The van der Waals surface area contributed by atoms with Gasteiger partial charge in [-0.05, 0) is 54.3 Å². The number of anilines is 4. The molecule has 0 saturated carbocycles. The maximum Gasteiger partial charge on any atom is 0.255 e. The van der Waals surface area contributed by atoms with Crippen LogP contribution < -0.4 is 15.5 Å². The van der Waals surface area contributed by atoms with Crippen LogP contribution in [0, 0.1) is 6.92 Å². The number of nitrogens with one attached hydrogen (secondary N) is 2. The molecule has 5 rings (SSSR count). The lowest BCUT2D eigenvalue weighted by Gasteiger charge is -2.23. The Labute approximate surface area is 190 Å². The van der Waals surface area contributed by atoms with E-state index in [1.807, 2.05) is 61.5 Å². The van der Waals surface area contributed by atoms with E-state index in [1.54, 1.807) is 35.2 Å². The average Bonchev–Trinajstić information content (AvgIpc) is 2.94. The summed E-state index contributed by atoms with van der Waals surface area (Å²) >= 11 is 0. The van der Waals surface area contributed by atoms with Crippen molar-refractivity contribution in [3.63, 3.8) is 0 Å². The smallest absolute Gasteiger partial charge is 0.255 e. The minimum atomic E-state index is -0.345. The second-order valence-corrected chi connectivity index (χ2v) is 7.95. The monoisotopic (exact) mass is 435 g/mol. The topological polar surface area (TPSA) is 78.5 Å². The molecule has 1 aliphatic rings. The Morgan fingerprint density at radius 1 is 0.879 bits per heavy atom.